The third-order valence-corrected chi connectivity index (χ3v) is 14.8. The Balaban J connectivity index is 0.949. The van der Waals surface area contributed by atoms with Crippen LogP contribution in [0.25, 0.3) is 33.7 Å². The van der Waals surface area contributed by atoms with Gasteiger partial charge in [-0.3, -0.25) is 19.3 Å². The van der Waals surface area contributed by atoms with E-state index >= 15 is 4.39 Å². The van der Waals surface area contributed by atoms with Crippen LogP contribution in [0.15, 0.2) is 52.9 Å². The van der Waals surface area contributed by atoms with Gasteiger partial charge in [0.1, 0.15) is 23.1 Å². The maximum Gasteiger partial charge on any atom is 0.437 e. The number of alkyl halides is 3. The Morgan fingerprint density at radius 3 is 2.46 bits per heavy atom. The topological polar surface area (TPSA) is 187 Å². The van der Waals surface area contributed by atoms with Crippen LogP contribution in [0.1, 0.15) is 78.7 Å². The highest BCUT2D eigenvalue weighted by Crippen LogP contribution is 2.44. The number of likely N-dealkylation sites (tertiary alicyclic amines) is 2. The molecule has 2 aliphatic heterocycles. The predicted molar refractivity (Wildman–Crippen MR) is 222 cm³/mol. The Kier molecular flexibility index (Phi) is 10.9. The van der Waals surface area contributed by atoms with Crippen LogP contribution in [-0.2, 0) is 40.5 Å². The van der Waals surface area contributed by atoms with Gasteiger partial charge in [-0.05, 0) is 92.4 Å². The van der Waals surface area contributed by atoms with Crippen LogP contribution in [0.4, 0.5) is 23.4 Å². The van der Waals surface area contributed by atoms with Gasteiger partial charge in [0.2, 0.25) is 27.7 Å². The summed E-state index contributed by atoms with van der Waals surface area (Å²) in [5, 5.41) is 23.0. The smallest absolute Gasteiger partial charge is 0.437 e. The number of hydrogen-bond donors (Lipinski definition) is 3. The molecule has 2 aliphatic carbocycles. The van der Waals surface area contributed by atoms with Crippen molar-refractivity contribution in [3.63, 3.8) is 0 Å². The molecule has 3 aromatic carbocycles. The summed E-state index contributed by atoms with van der Waals surface area (Å²) in [5.74, 6) is -2.26. The largest absolute Gasteiger partial charge is 0.480 e. The number of oxazole rings is 1. The van der Waals surface area contributed by atoms with Crippen LogP contribution >= 0.6 is 0 Å². The molecule has 0 radical (unpaired) electrons. The first-order chi connectivity index (χ1) is 30.0. The molecule has 2 aromatic heterocycles. The highest BCUT2D eigenvalue weighted by Gasteiger charge is 2.51. The van der Waals surface area contributed by atoms with Crippen molar-refractivity contribution in [1.29, 1.82) is 5.26 Å². The van der Waals surface area contributed by atoms with Gasteiger partial charge in [-0.25, -0.2) is 22.8 Å². The quantitative estimate of drug-likeness (QED) is 0.116. The van der Waals surface area contributed by atoms with Crippen LogP contribution in [-0.4, -0.2) is 88.3 Å². The van der Waals surface area contributed by atoms with Gasteiger partial charge in [0.25, 0.3) is 0 Å². The summed E-state index contributed by atoms with van der Waals surface area (Å²) in [6.07, 6.45) is -2.58. The number of methoxy groups -OCH3 is 1. The Hall–Kier alpha value is -5.68. The number of β-amino-alcohol motifs (C(OH)–C–C–N with tert-alkyl or cyclic N) is 1. The first kappa shape index (κ1) is 42.6. The van der Waals surface area contributed by atoms with E-state index < -0.39 is 62.2 Å². The number of aliphatic hydroxyl groups excluding tert-OH is 1. The lowest BCUT2D eigenvalue weighted by atomic mass is 9.94. The maximum atomic E-state index is 16.7. The molecule has 63 heavy (non-hydrogen) atoms. The third-order valence-electron chi connectivity index (χ3n) is 12.7. The van der Waals surface area contributed by atoms with Crippen molar-refractivity contribution in [3.05, 3.63) is 88.0 Å². The molecular formula is C44H44F4N8O6S. The van der Waals surface area contributed by atoms with E-state index in [0.717, 1.165) is 5.56 Å². The molecule has 14 nitrogen and oxygen atoms in total. The van der Waals surface area contributed by atoms with Gasteiger partial charge < -0.3 is 19.6 Å². The summed E-state index contributed by atoms with van der Waals surface area (Å²) >= 11 is 0. The molecule has 19 heteroatoms. The van der Waals surface area contributed by atoms with Crippen molar-refractivity contribution in [2.45, 2.75) is 81.6 Å². The summed E-state index contributed by atoms with van der Waals surface area (Å²) in [6.45, 7) is 3.68. The average molecular weight is 889 g/mol. The van der Waals surface area contributed by atoms with Gasteiger partial charge in [0, 0.05) is 38.3 Å². The average Bonchev–Trinajstić information content (AvgIpc) is 3.69. The van der Waals surface area contributed by atoms with E-state index in [1.807, 2.05) is 4.90 Å². The molecule has 2 saturated heterocycles. The number of carbonyl (C=O) groups is 1. The van der Waals surface area contributed by atoms with Crippen LogP contribution in [0.3, 0.4) is 0 Å². The second-order valence-corrected chi connectivity index (χ2v) is 19.3. The van der Waals surface area contributed by atoms with Crippen LogP contribution in [0, 0.1) is 23.1 Å². The molecule has 0 unspecified atom stereocenters. The highest BCUT2D eigenvalue weighted by molar-refractivity contribution is 7.91. The van der Waals surface area contributed by atoms with Crippen molar-refractivity contribution < 1.29 is 45.0 Å². The predicted octanol–water partition coefficient (Wildman–Crippen LogP) is 6.48. The van der Waals surface area contributed by atoms with E-state index in [2.05, 4.69) is 31.1 Å². The number of aromatic nitrogens is 3. The number of hydrogen-bond acceptors (Lipinski definition) is 13. The summed E-state index contributed by atoms with van der Waals surface area (Å²) < 4.78 is 98.3. The summed E-state index contributed by atoms with van der Waals surface area (Å²) in [6, 6.07) is 15.0. The zero-order valence-electron chi connectivity index (χ0n) is 34.4. The molecule has 3 N–H and O–H groups in total. The number of nitriles is 1. The number of benzene rings is 3. The monoisotopic (exact) mass is 888 g/mol. The number of halogens is 4. The van der Waals surface area contributed by atoms with Crippen molar-refractivity contribution in [2.24, 2.45) is 5.92 Å². The van der Waals surface area contributed by atoms with E-state index in [1.165, 1.54) is 13.2 Å². The molecule has 0 spiro atoms. The number of ether oxygens (including phenoxy) is 1. The van der Waals surface area contributed by atoms with Gasteiger partial charge in [-0.15, -0.1) is 0 Å². The first-order valence-corrected chi connectivity index (χ1v) is 22.2. The second kappa shape index (κ2) is 16.1. The van der Waals surface area contributed by atoms with E-state index in [9.17, 15) is 36.8 Å². The summed E-state index contributed by atoms with van der Waals surface area (Å²) in [4.78, 5) is 29.5. The second-order valence-electron chi connectivity index (χ2n) is 17.1. The van der Waals surface area contributed by atoms with Crippen LogP contribution in [0.5, 0.6) is 5.88 Å². The number of carbonyl (C=O) groups excluding carboxylic acids is 1. The standard InChI is InChI=1S/C44H44F4N8O6S/c1-43(13-14-43)63(59,60)54-40(58)25-11-15-55(21-25)20-24-17-26(19-49)37-34(18-24)52-41(62-37)32-8-4-7-31(36(32)45)28-5-3-6-30-29(28)9-10-33(30)51-39-38(44(46,47)48)50-35(42(53-39)61-2)23-56-16-12-27(57)22-56/h3-8,17-18,25,27,33,57H,9-16,20-23H2,1-2H3,(H,51,53)(H,54,58)/t25-,27-,33-/m1/s1. The van der Waals surface area contributed by atoms with E-state index in [-0.39, 0.29) is 46.3 Å². The van der Waals surface area contributed by atoms with Crippen molar-refractivity contribution in [1.82, 2.24) is 29.5 Å². The first-order valence-electron chi connectivity index (χ1n) is 20.8. The van der Waals surface area contributed by atoms with Crippen molar-refractivity contribution in [3.8, 4) is 34.5 Å². The number of nitrogens with one attached hydrogen (secondary N) is 2. The summed E-state index contributed by atoms with van der Waals surface area (Å²) in [5.41, 5.74) is 2.47. The maximum absolute atomic E-state index is 16.7. The zero-order chi connectivity index (χ0) is 44.4. The van der Waals surface area contributed by atoms with E-state index in [0.29, 0.717) is 93.5 Å². The molecule has 4 aliphatic rings. The van der Waals surface area contributed by atoms with Gasteiger partial charge in [-0.1, -0.05) is 30.3 Å². The Bertz CT molecular complexity index is 2790. The fraction of sp³-hybridized carbons (Fsp3) is 0.432. The Morgan fingerprint density at radius 1 is 1.02 bits per heavy atom. The van der Waals surface area contributed by atoms with Crippen LogP contribution < -0.4 is 14.8 Å². The number of sulfonamides is 1. The molecule has 9 rings (SSSR count). The zero-order valence-corrected chi connectivity index (χ0v) is 35.2. The van der Waals surface area contributed by atoms with E-state index in [4.69, 9.17) is 9.15 Å². The lowest BCUT2D eigenvalue weighted by Crippen LogP contribution is -2.42. The molecule has 4 heterocycles. The number of fused-ring (bicyclic) bond motifs is 2. The fourth-order valence-corrected chi connectivity index (χ4v) is 10.2. The lowest BCUT2D eigenvalue weighted by molar-refractivity contribution is -0.141. The molecule has 330 valence electrons. The normalized spacial score (nSPS) is 21.1. The molecule has 3 fully saturated rings. The minimum Gasteiger partial charge on any atom is -0.480 e. The highest BCUT2D eigenvalue weighted by atomic mass is 32.2. The molecule has 5 aromatic rings. The fourth-order valence-electron chi connectivity index (χ4n) is 8.93. The number of aliphatic hydroxyl groups is 1. The number of amides is 1. The van der Waals surface area contributed by atoms with E-state index in [1.54, 1.807) is 54.3 Å². The number of rotatable bonds is 12. The van der Waals surface area contributed by atoms with Gasteiger partial charge >= 0.3 is 6.18 Å². The molecule has 1 saturated carbocycles. The van der Waals surface area contributed by atoms with Gasteiger partial charge in [-0.2, -0.15) is 23.4 Å². The number of anilines is 1. The molecular weight excluding hydrogens is 845 g/mol. The molecule has 3 atom stereocenters. The Morgan fingerprint density at radius 2 is 1.75 bits per heavy atom. The minimum atomic E-state index is -4.84. The minimum absolute atomic E-state index is 0.00997. The molecule has 0 bridgehead atoms. The van der Waals surface area contributed by atoms with Gasteiger partial charge in [0.15, 0.2) is 17.1 Å². The Labute approximate surface area is 360 Å². The third kappa shape index (κ3) is 8.20. The van der Waals surface area contributed by atoms with Crippen LogP contribution in [0.2, 0.25) is 0 Å². The van der Waals surface area contributed by atoms with Crippen molar-refractivity contribution in [2.75, 3.05) is 38.6 Å². The number of nitrogens with zero attached hydrogens (tertiary/aromatic N) is 6. The van der Waals surface area contributed by atoms with Gasteiger partial charge in [0.05, 0.1) is 41.0 Å². The SMILES string of the molecule is COc1nc(N[C@@H]2CCc3c(-c4cccc(-c5nc6cc(CN7CC[C@@H](C(=O)NS(=O)(=O)C8(C)CC8)C7)cc(C#N)c6o5)c4F)cccc32)c(C(F)(F)F)nc1CN1CC[C@@H](O)C1. The molecule has 1 amide bonds. The lowest BCUT2D eigenvalue weighted by Gasteiger charge is -2.22. The van der Waals surface area contributed by atoms with Crippen molar-refractivity contribution >= 4 is 32.8 Å². The summed E-state index contributed by atoms with van der Waals surface area (Å²) in [7, 11) is -2.44.